The van der Waals surface area contributed by atoms with E-state index in [9.17, 15) is 9.90 Å². The smallest absolute Gasteiger partial charge is 0.274 e. The Labute approximate surface area is 210 Å². The summed E-state index contributed by atoms with van der Waals surface area (Å²) in [6, 6.07) is 7.56. The number of nitrogens with zero attached hydrogens (tertiary/aromatic N) is 5. The molecule has 1 aliphatic heterocycles. The van der Waals surface area contributed by atoms with E-state index < -0.39 is 0 Å². The van der Waals surface area contributed by atoms with Crippen molar-refractivity contribution in [2.75, 3.05) is 18.4 Å². The molecule has 2 N–H and O–H groups in total. The number of hydrogen-bond donors (Lipinski definition) is 2. The van der Waals surface area contributed by atoms with Crippen molar-refractivity contribution in [1.29, 1.82) is 0 Å². The first kappa shape index (κ1) is 22.1. The minimum absolute atomic E-state index is 0.0823. The molecule has 4 saturated carbocycles. The van der Waals surface area contributed by atoms with Gasteiger partial charge >= 0.3 is 0 Å². The number of carbonyl (C=O) groups is 1. The molecule has 2 aromatic heterocycles. The molecule has 8 heteroatoms. The summed E-state index contributed by atoms with van der Waals surface area (Å²) in [4.78, 5) is 32.9. The van der Waals surface area contributed by atoms with E-state index in [1.54, 1.807) is 17.4 Å². The van der Waals surface area contributed by atoms with Crippen molar-refractivity contribution in [2.24, 2.45) is 23.2 Å². The van der Waals surface area contributed by atoms with Crippen LogP contribution in [-0.4, -0.2) is 55.0 Å². The quantitative estimate of drug-likeness (QED) is 0.570. The molecule has 36 heavy (non-hydrogen) atoms. The number of amides is 1. The first-order valence-corrected chi connectivity index (χ1v) is 13.3. The molecule has 1 unspecified atom stereocenters. The summed E-state index contributed by atoms with van der Waals surface area (Å²) in [5.74, 6) is 3.10. The minimum Gasteiger partial charge on any atom is -0.391 e. The Hall–Kier alpha value is -3.13. The maximum atomic E-state index is 13.2. The lowest BCUT2D eigenvalue weighted by Gasteiger charge is -2.58. The predicted molar refractivity (Wildman–Crippen MR) is 135 cm³/mol. The van der Waals surface area contributed by atoms with Crippen LogP contribution in [0.25, 0.3) is 11.0 Å². The van der Waals surface area contributed by atoms with Gasteiger partial charge in [0.2, 0.25) is 0 Å². The summed E-state index contributed by atoms with van der Waals surface area (Å²) in [6.45, 7) is 1.50. The predicted octanol–water partition coefficient (Wildman–Crippen LogP) is 3.61. The molecular formula is C28H32N6O2. The molecule has 0 saturated heterocycles. The third-order valence-electron chi connectivity index (χ3n) is 9.22. The molecule has 3 aromatic rings. The fourth-order valence-electron chi connectivity index (χ4n) is 7.90. The monoisotopic (exact) mass is 484 g/mol. The van der Waals surface area contributed by atoms with E-state index in [0.717, 1.165) is 40.3 Å². The van der Waals surface area contributed by atoms with Gasteiger partial charge in [0, 0.05) is 18.7 Å². The minimum atomic E-state index is -0.357. The van der Waals surface area contributed by atoms with Gasteiger partial charge in [-0.25, -0.2) is 15.0 Å². The Bertz CT molecular complexity index is 1290. The van der Waals surface area contributed by atoms with Crippen molar-refractivity contribution >= 4 is 22.8 Å². The zero-order chi connectivity index (χ0) is 24.3. The highest BCUT2D eigenvalue weighted by Gasteiger charge is 2.53. The summed E-state index contributed by atoms with van der Waals surface area (Å²) in [7, 11) is 0. The van der Waals surface area contributed by atoms with E-state index in [4.69, 9.17) is 0 Å². The number of nitrogens with one attached hydrogen (secondary N) is 1. The lowest BCUT2D eigenvalue weighted by molar-refractivity contribution is -0.115. The van der Waals surface area contributed by atoms with Crippen molar-refractivity contribution < 1.29 is 9.90 Å². The highest BCUT2D eigenvalue weighted by Crippen LogP contribution is 2.61. The topological polar surface area (TPSA) is 104 Å². The van der Waals surface area contributed by atoms with Crippen molar-refractivity contribution in [1.82, 2.24) is 24.8 Å². The number of para-hydroxylation sites is 2. The van der Waals surface area contributed by atoms with E-state index in [-0.39, 0.29) is 17.4 Å². The van der Waals surface area contributed by atoms with Crippen molar-refractivity contribution in [3.8, 4) is 0 Å². The fourth-order valence-corrected chi connectivity index (χ4v) is 7.90. The molecule has 1 atom stereocenters. The second kappa shape index (κ2) is 8.47. The summed E-state index contributed by atoms with van der Waals surface area (Å²) in [6.07, 6.45) is 11.1. The average molecular weight is 485 g/mol. The zero-order valence-corrected chi connectivity index (χ0v) is 20.4. The van der Waals surface area contributed by atoms with Crippen LogP contribution >= 0.6 is 0 Å². The molecule has 186 valence electrons. The van der Waals surface area contributed by atoms with Gasteiger partial charge in [0.05, 0.1) is 35.6 Å². The molecule has 4 bridgehead atoms. The zero-order valence-electron chi connectivity index (χ0n) is 20.4. The molecule has 4 aliphatic carbocycles. The summed E-state index contributed by atoms with van der Waals surface area (Å²) in [5, 5.41) is 14.8. The van der Waals surface area contributed by atoms with Gasteiger partial charge in [-0.15, -0.1) is 0 Å². The van der Waals surface area contributed by atoms with Crippen LogP contribution in [0.3, 0.4) is 0 Å². The van der Waals surface area contributed by atoms with Gasteiger partial charge in [0.25, 0.3) is 5.91 Å². The van der Waals surface area contributed by atoms with E-state index in [1.165, 1.54) is 38.5 Å². The Morgan fingerprint density at radius 2 is 1.78 bits per heavy atom. The van der Waals surface area contributed by atoms with Crippen molar-refractivity contribution in [2.45, 2.75) is 57.6 Å². The standard InChI is InChI=1S/C28H32N6O2/c35-25(28-10-17-7-18(11-28)9-19(8-17)12-28)14-30-26-20-5-6-34(15-24(20)31-16-32-26)27(36)23-13-29-21-3-1-2-4-22(21)33-23/h1-4,13,16-19,25,35H,5-12,14-15H2,(H,30,31,32). The maximum absolute atomic E-state index is 13.2. The normalized spacial score (nSPS) is 29.2. The Morgan fingerprint density at radius 1 is 1.06 bits per heavy atom. The fraction of sp³-hybridized carbons (Fsp3) is 0.536. The highest BCUT2D eigenvalue weighted by molar-refractivity contribution is 5.94. The van der Waals surface area contributed by atoms with Crippen molar-refractivity contribution in [3.63, 3.8) is 0 Å². The second-order valence-corrected chi connectivity index (χ2v) is 11.5. The van der Waals surface area contributed by atoms with Crippen LogP contribution in [0.2, 0.25) is 0 Å². The number of anilines is 1. The molecular weight excluding hydrogens is 452 g/mol. The molecule has 4 fully saturated rings. The van der Waals surface area contributed by atoms with E-state index >= 15 is 0 Å². The number of rotatable bonds is 5. The average Bonchev–Trinajstić information content (AvgIpc) is 2.90. The van der Waals surface area contributed by atoms with Gasteiger partial charge in [-0.2, -0.15) is 0 Å². The number of fused-ring (bicyclic) bond motifs is 2. The van der Waals surface area contributed by atoms with Gasteiger partial charge in [-0.05, 0) is 80.2 Å². The summed E-state index contributed by atoms with van der Waals surface area (Å²) in [5.41, 5.74) is 3.82. The number of aliphatic hydroxyl groups excluding tert-OH is 1. The number of carbonyl (C=O) groups excluding carboxylic acids is 1. The molecule has 1 amide bonds. The maximum Gasteiger partial charge on any atom is 0.274 e. The van der Waals surface area contributed by atoms with E-state index in [2.05, 4.69) is 25.3 Å². The van der Waals surface area contributed by atoms with Gasteiger partial charge in [0.1, 0.15) is 17.8 Å². The van der Waals surface area contributed by atoms with Crippen LogP contribution in [-0.2, 0) is 13.0 Å². The Morgan fingerprint density at radius 3 is 2.53 bits per heavy atom. The molecule has 1 aromatic carbocycles. The van der Waals surface area contributed by atoms with Gasteiger partial charge in [0.15, 0.2) is 0 Å². The lowest BCUT2D eigenvalue weighted by atomic mass is 9.48. The molecule has 8 rings (SSSR count). The Balaban J connectivity index is 1.05. The SMILES string of the molecule is O=C(c1cnc2ccccc2n1)N1CCc2c(ncnc2NCC(O)C23CC4CC(CC(C4)C2)C3)C1. The van der Waals surface area contributed by atoms with Gasteiger partial charge < -0.3 is 15.3 Å². The molecule has 8 nitrogen and oxygen atoms in total. The van der Waals surface area contributed by atoms with Gasteiger partial charge in [-0.1, -0.05) is 12.1 Å². The first-order valence-electron chi connectivity index (χ1n) is 13.3. The lowest BCUT2D eigenvalue weighted by Crippen LogP contribution is -2.53. The Kier molecular flexibility index (Phi) is 5.20. The number of hydrogen-bond acceptors (Lipinski definition) is 7. The first-order chi connectivity index (χ1) is 17.6. The van der Waals surface area contributed by atoms with Gasteiger partial charge in [-0.3, -0.25) is 9.78 Å². The number of benzene rings is 1. The number of aromatic nitrogens is 4. The van der Waals surface area contributed by atoms with Crippen LogP contribution in [0, 0.1) is 23.2 Å². The largest absolute Gasteiger partial charge is 0.391 e. The van der Waals surface area contributed by atoms with Crippen LogP contribution < -0.4 is 5.32 Å². The second-order valence-electron chi connectivity index (χ2n) is 11.5. The van der Waals surface area contributed by atoms with Crippen LogP contribution in [0.5, 0.6) is 0 Å². The van der Waals surface area contributed by atoms with E-state index in [0.29, 0.717) is 37.3 Å². The van der Waals surface area contributed by atoms with Crippen LogP contribution in [0.4, 0.5) is 5.82 Å². The summed E-state index contributed by atoms with van der Waals surface area (Å²) < 4.78 is 0. The highest BCUT2D eigenvalue weighted by atomic mass is 16.3. The third kappa shape index (κ3) is 3.74. The van der Waals surface area contributed by atoms with E-state index in [1.807, 2.05) is 24.3 Å². The molecule has 5 aliphatic rings. The van der Waals surface area contributed by atoms with Crippen LogP contribution in [0.15, 0.2) is 36.8 Å². The molecule has 0 radical (unpaired) electrons. The van der Waals surface area contributed by atoms with Crippen LogP contribution in [0.1, 0.15) is 60.3 Å². The summed E-state index contributed by atoms with van der Waals surface area (Å²) >= 11 is 0. The third-order valence-corrected chi connectivity index (χ3v) is 9.22. The van der Waals surface area contributed by atoms with Crippen molar-refractivity contribution in [3.05, 3.63) is 53.7 Å². The number of aliphatic hydroxyl groups is 1. The molecule has 0 spiro atoms. The molecule has 3 heterocycles.